The molecule has 0 fully saturated rings. The number of hydrogen-bond donors (Lipinski definition) is 1. The van der Waals surface area contributed by atoms with Crippen LogP contribution in [0.3, 0.4) is 0 Å². The van der Waals surface area contributed by atoms with E-state index in [-0.39, 0.29) is 10.8 Å². The Morgan fingerprint density at radius 2 is 1.29 bits per heavy atom. The maximum atomic E-state index is 4.52. The van der Waals surface area contributed by atoms with Gasteiger partial charge in [-0.05, 0) is 84.6 Å². The molecule has 3 nitrogen and oxygen atoms in total. The number of aliphatic imine (C=N–C) groups is 2. The van der Waals surface area contributed by atoms with Gasteiger partial charge >= 0.3 is 0 Å². The Bertz CT molecular complexity index is 1280. The number of rotatable bonds is 6. The molecule has 182 valence electrons. The minimum absolute atomic E-state index is 0.0223. The highest BCUT2D eigenvalue weighted by molar-refractivity contribution is 5.92. The number of anilines is 2. The molecule has 0 aromatic heterocycles. The Labute approximate surface area is 211 Å². The van der Waals surface area contributed by atoms with Gasteiger partial charge in [0, 0.05) is 11.1 Å². The third kappa shape index (κ3) is 5.62. The summed E-state index contributed by atoms with van der Waals surface area (Å²) in [6.45, 7) is 25.3. The molecule has 0 heterocycles. The summed E-state index contributed by atoms with van der Waals surface area (Å²) in [7, 11) is 0. The molecule has 0 radical (unpaired) electrons. The normalized spacial score (nSPS) is 12.1. The van der Waals surface area contributed by atoms with Gasteiger partial charge in [-0.25, -0.2) is 0 Å². The second-order valence-corrected chi connectivity index (χ2v) is 11.1. The van der Waals surface area contributed by atoms with Gasteiger partial charge in [-0.3, -0.25) is 9.98 Å². The van der Waals surface area contributed by atoms with Crippen LogP contribution in [-0.2, 0) is 10.8 Å². The predicted molar refractivity (Wildman–Crippen MR) is 157 cm³/mol. The number of allylic oxidation sites excluding steroid dienone is 1. The average molecular weight is 466 g/mol. The third-order valence-electron chi connectivity index (χ3n) is 6.35. The average Bonchev–Trinajstić information content (AvgIpc) is 2.78. The van der Waals surface area contributed by atoms with E-state index >= 15 is 0 Å². The zero-order valence-electron chi connectivity index (χ0n) is 22.6. The van der Waals surface area contributed by atoms with Crippen molar-refractivity contribution in [2.45, 2.75) is 66.2 Å². The van der Waals surface area contributed by atoms with E-state index in [1.54, 1.807) is 0 Å². The van der Waals surface area contributed by atoms with Crippen molar-refractivity contribution in [3.63, 3.8) is 0 Å². The molecule has 0 aliphatic rings. The fraction of sp³-hybridized carbons (Fsp3) is 0.312. The fourth-order valence-electron chi connectivity index (χ4n) is 4.23. The maximum Gasteiger partial charge on any atom is 0.0935 e. The van der Waals surface area contributed by atoms with Crippen molar-refractivity contribution in [2.75, 3.05) is 5.32 Å². The minimum atomic E-state index is -0.0452. The van der Waals surface area contributed by atoms with Gasteiger partial charge in [-0.15, -0.1) is 0 Å². The first-order chi connectivity index (χ1) is 16.4. The molecule has 0 saturated carbocycles. The minimum Gasteiger partial charge on any atom is -0.352 e. The van der Waals surface area contributed by atoms with Crippen LogP contribution in [0.25, 0.3) is 17.2 Å². The predicted octanol–water partition coefficient (Wildman–Crippen LogP) is 9.70. The van der Waals surface area contributed by atoms with E-state index in [2.05, 4.69) is 132 Å². The second kappa shape index (κ2) is 10.0. The Hall–Kier alpha value is -3.46. The Balaban J connectivity index is 2.34. The van der Waals surface area contributed by atoms with Crippen molar-refractivity contribution in [3.8, 4) is 11.1 Å². The number of benzene rings is 3. The molecule has 0 saturated heterocycles. The van der Waals surface area contributed by atoms with Crippen LogP contribution in [0.1, 0.15) is 70.7 Å². The van der Waals surface area contributed by atoms with Crippen molar-refractivity contribution in [2.24, 2.45) is 9.98 Å². The molecule has 3 aromatic rings. The van der Waals surface area contributed by atoms with Gasteiger partial charge < -0.3 is 5.32 Å². The summed E-state index contributed by atoms with van der Waals surface area (Å²) < 4.78 is 0. The molecule has 0 atom stereocenters. The topological polar surface area (TPSA) is 36.8 Å². The van der Waals surface area contributed by atoms with Crippen molar-refractivity contribution in [1.82, 2.24) is 0 Å². The van der Waals surface area contributed by atoms with Crippen molar-refractivity contribution in [1.29, 1.82) is 0 Å². The first-order valence-corrected chi connectivity index (χ1v) is 12.2. The van der Waals surface area contributed by atoms with Gasteiger partial charge in [0.15, 0.2) is 0 Å². The maximum absolute atomic E-state index is 4.52. The van der Waals surface area contributed by atoms with Crippen LogP contribution in [0, 0.1) is 6.92 Å². The standard InChI is InChI=1S/C32H39N3/c1-11-14-22-17-23(31(3,4)5)19-27(29(22)33-9)35-28-20-24(32(6,7)8)18-26(30(28)34-10)25-16-13-12-15-21(25)2/h11-20,35H,9-10H2,1-8H3/b14-11-. The Morgan fingerprint density at radius 3 is 1.80 bits per heavy atom. The summed E-state index contributed by atoms with van der Waals surface area (Å²) in [4.78, 5) is 8.94. The number of nitrogens with one attached hydrogen (secondary N) is 1. The monoisotopic (exact) mass is 465 g/mol. The molecular weight excluding hydrogens is 426 g/mol. The molecule has 0 aliphatic heterocycles. The molecule has 3 heteroatoms. The quantitative estimate of drug-likeness (QED) is 0.361. The smallest absolute Gasteiger partial charge is 0.0935 e. The van der Waals surface area contributed by atoms with Gasteiger partial charge in [0.2, 0.25) is 0 Å². The van der Waals surface area contributed by atoms with Gasteiger partial charge in [0.1, 0.15) is 0 Å². The van der Waals surface area contributed by atoms with E-state index in [4.69, 9.17) is 0 Å². The molecule has 0 amide bonds. The zero-order valence-corrected chi connectivity index (χ0v) is 22.6. The highest BCUT2D eigenvalue weighted by Crippen LogP contribution is 2.45. The lowest BCUT2D eigenvalue weighted by molar-refractivity contribution is 0.590. The van der Waals surface area contributed by atoms with Crippen LogP contribution in [0.5, 0.6) is 0 Å². The summed E-state index contributed by atoms with van der Waals surface area (Å²) in [6, 6.07) is 17.2. The molecule has 0 aliphatic carbocycles. The van der Waals surface area contributed by atoms with E-state index in [0.717, 1.165) is 39.4 Å². The van der Waals surface area contributed by atoms with Gasteiger partial charge in [-0.1, -0.05) is 78.0 Å². The zero-order chi connectivity index (χ0) is 26.0. The molecule has 3 rings (SSSR count). The molecular formula is C32H39N3. The summed E-state index contributed by atoms with van der Waals surface area (Å²) in [5.74, 6) is 0. The van der Waals surface area contributed by atoms with Crippen LogP contribution in [0.4, 0.5) is 22.7 Å². The number of aryl methyl sites for hydroxylation is 1. The van der Waals surface area contributed by atoms with Crippen LogP contribution in [-0.4, -0.2) is 13.4 Å². The molecule has 0 bridgehead atoms. The van der Waals surface area contributed by atoms with Gasteiger partial charge in [-0.2, -0.15) is 0 Å². The molecule has 35 heavy (non-hydrogen) atoms. The van der Waals surface area contributed by atoms with Crippen molar-refractivity contribution < 1.29 is 0 Å². The van der Waals surface area contributed by atoms with Crippen LogP contribution >= 0.6 is 0 Å². The lowest BCUT2D eigenvalue weighted by atomic mass is 9.83. The summed E-state index contributed by atoms with van der Waals surface area (Å²) >= 11 is 0. The van der Waals surface area contributed by atoms with E-state index in [1.807, 2.05) is 13.0 Å². The van der Waals surface area contributed by atoms with Crippen molar-refractivity contribution >= 4 is 42.3 Å². The Kier molecular flexibility index (Phi) is 7.50. The third-order valence-corrected chi connectivity index (χ3v) is 6.35. The summed E-state index contributed by atoms with van der Waals surface area (Å²) in [5, 5.41) is 3.70. The highest BCUT2D eigenvalue weighted by Gasteiger charge is 2.22. The number of hydrogen-bond acceptors (Lipinski definition) is 3. The highest BCUT2D eigenvalue weighted by atomic mass is 14.9. The number of nitrogens with zero attached hydrogens (tertiary/aromatic N) is 2. The largest absolute Gasteiger partial charge is 0.352 e. The van der Waals surface area contributed by atoms with E-state index < -0.39 is 0 Å². The van der Waals surface area contributed by atoms with E-state index in [9.17, 15) is 0 Å². The van der Waals surface area contributed by atoms with Gasteiger partial charge in [0.05, 0.1) is 22.7 Å². The van der Waals surface area contributed by atoms with E-state index in [1.165, 1.54) is 16.7 Å². The van der Waals surface area contributed by atoms with E-state index in [0.29, 0.717) is 0 Å². The molecule has 0 spiro atoms. The second-order valence-electron chi connectivity index (χ2n) is 11.1. The fourth-order valence-corrected chi connectivity index (χ4v) is 4.23. The first kappa shape index (κ1) is 26.2. The summed E-state index contributed by atoms with van der Waals surface area (Å²) in [6.07, 6.45) is 4.12. The van der Waals surface area contributed by atoms with Crippen LogP contribution in [0.15, 0.2) is 64.6 Å². The van der Waals surface area contributed by atoms with Crippen molar-refractivity contribution in [3.05, 3.63) is 76.9 Å². The summed E-state index contributed by atoms with van der Waals surface area (Å²) in [5.41, 5.74) is 10.3. The molecule has 0 unspecified atom stereocenters. The Morgan fingerprint density at radius 1 is 0.743 bits per heavy atom. The van der Waals surface area contributed by atoms with Crippen LogP contribution in [0.2, 0.25) is 0 Å². The SMILES string of the molecule is C=Nc1c(/C=C\C)cc(C(C)(C)C)cc1Nc1cc(C(C)(C)C)cc(-c2ccccc2C)c1N=C. The first-order valence-electron chi connectivity index (χ1n) is 12.2. The lowest BCUT2D eigenvalue weighted by Crippen LogP contribution is -2.13. The lowest BCUT2D eigenvalue weighted by Gasteiger charge is -2.26. The van der Waals surface area contributed by atoms with Crippen LogP contribution < -0.4 is 5.32 Å². The van der Waals surface area contributed by atoms with Gasteiger partial charge in [0.25, 0.3) is 0 Å². The molecule has 3 aromatic carbocycles. The molecule has 1 N–H and O–H groups in total.